The average Bonchev–Trinajstić information content (AvgIpc) is 3.39. The van der Waals surface area contributed by atoms with E-state index in [1.54, 1.807) is 19.9 Å². The molecule has 0 bridgehead atoms. The minimum Gasteiger partial charge on any atom is -0.355 e. The number of thioether (sulfide) groups is 1. The van der Waals surface area contributed by atoms with Crippen molar-refractivity contribution in [2.75, 3.05) is 36.0 Å². The lowest BCUT2D eigenvalue weighted by Crippen LogP contribution is -2.34. The number of thiazole rings is 1. The van der Waals surface area contributed by atoms with Crippen LogP contribution >= 0.6 is 23.1 Å². The van der Waals surface area contributed by atoms with Crippen LogP contribution in [0.3, 0.4) is 0 Å². The first-order valence-corrected chi connectivity index (χ1v) is 13.4. The second-order valence-corrected chi connectivity index (χ2v) is 10.2. The number of rotatable bonds is 8. The van der Waals surface area contributed by atoms with Gasteiger partial charge in [-0.3, -0.25) is 23.9 Å². The number of anilines is 2. The monoisotopic (exact) mass is 524 g/mol. The summed E-state index contributed by atoms with van der Waals surface area (Å²) in [7, 11) is 0. The standard InChI is InChI=1S/C25H28N6O3S2/c1-4-27-24(33)18(15-26)13-23-31(5-2)25(34)21(36-23)9-10-28-19-7-6-8-20(14-19)29-22(32)16-30-11-12-35-17(30)3/h6-8,10,14,17,28H,4-5,11-12,16H2,1-3H3,(H,27,33)(H,29,32). The van der Waals surface area contributed by atoms with E-state index in [0.29, 0.717) is 45.6 Å². The number of hydrogen-bond acceptors (Lipinski definition) is 8. The predicted molar refractivity (Wildman–Crippen MR) is 145 cm³/mol. The molecule has 2 aromatic rings. The number of nitriles is 1. The number of carbonyl (C=O) groups excluding carboxylic acids is 2. The number of benzene rings is 1. The molecule has 0 radical (unpaired) electrons. The third-order valence-corrected chi connectivity index (χ3v) is 7.51. The lowest BCUT2D eigenvalue weighted by Gasteiger charge is -2.19. The highest BCUT2D eigenvalue weighted by Crippen LogP contribution is 2.22. The molecule has 1 fully saturated rings. The van der Waals surface area contributed by atoms with Crippen molar-refractivity contribution in [2.24, 2.45) is 0 Å². The quantitative estimate of drug-likeness (QED) is 0.351. The number of nitrogens with zero attached hydrogens (tertiary/aromatic N) is 3. The van der Waals surface area contributed by atoms with E-state index < -0.39 is 5.91 Å². The zero-order chi connectivity index (χ0) is 26.1. The molecule has 2 heterocycles. The minimum absolute atomic E-state index is 0.0662. The number of amides is 2. The second kappa shape index (κ2) is 13.0. The molecular formula is C25H28N6O3S2. The third-order valence-electron chi connectivity index (χ3n) is 5.29. The van der Waals surface area contributed by atoms with Gasteiger partial charge in [-0.05, 0) is 39.0 Å². The highest BCUT2D eigenvalue weighted by molar-refractivity contribution is 8.00. The van der Waals surface area contributed by atoms with Gasteiger partial charge in [-0.15, -0.1) is 11.8 Å². The number of nitrogens with one attached hydrogen (secondary N) is 3. The molecule has 1 aliphatic rings. The van der Waals surface area contributed by atoms with Crippen LogP contribution < -0.4 is 30.7 Å². The Kier molecular flexibility index (Phi) is 9.77. The van der Waals surface area contributed by atoms with E-state index in [2.05, 4.69) is 39.2 Å². The molecule has 188 valence electrons. The number of hydrogen-bond donors (Lipinski definition) is 3. The summed E-state index contributed by atoms with van der Waals surface area (Å²) in [4.78, 5) is 39.3. The Hall–Kier alpha value is -3.51. The number of likely N-dealkylation sites (N-methyl/N-ethyl adjacent to an activating group) is 1. The van der Waals surface area contributed by atoms with Gasteiger partial charge < -0.3 is 16.0 Å². The topological polar surface area (TPSA) is 119 Å². The normalized spacial score (nSPS) is 14.8. The van der Waals surface area contributed by atoms with Crippen LogP contribution in [0.1, 0.15) is 20.8 Å². The SMILES string of the molecule is CCNC(=O)C(=C=c1sc(=C=CNc2cccc(NC(=O)CN3CCSC3C)c2)c(=O)n1CC)C#N. The highest BCUT2D eigenvalue weighted by atomic mass is 32.2. The Labute approximate surface area is 217 Å². The van der Waals surface area contributed by atoms with Crippen molar-refractivity contribution < 1.29 is 9.59 Å². The predicted octanol–water partition coefficient (Wildman–Crippen LogP) is 1.23. The van der Waals surface area contributed by atoms with Crippen molar-refractivity contribution in [3.63, 3.8) is 0 Å². The molecule has 36 heavy (non-hydrogen) atoms. The molecule has 3 rings (SSSR count). The first-order valence-electron chi connectivity index (χ1n) is 11.5. The molecule has 11 heteroatoms. The molecule has 1 saturated heterocycles. The molecule has 1 aromatic heterocycles. The fraction of sp³-hybridized carbons (Fsp3) is 0.360. The maximum atomic E-state index is 12.7. The third kappa shape index (κ3) is 7.01. The minimum atomic E-state index is -0.535. The maximum Gasteiger partial charge on any atom is 0.277 e. The van der Waals surface area contributed by atoms with Crippen LogP contribution in [0.15, 0.2) is 40.8 Å². The molecule has 0 aliphatic carbocycles. The second-order valence-electron chi connectivity index (χ2n) is 7.76. The zero-order valence-corrected chi connectivity index (χ0v) is 22.0. The largest absolute Gasteiger partial charge is 0.355 e. The Morgan fingerprint density at radius 1 is 1.28 bits per heavy atom. The van der Waals surface area contributed by atoms with Crippen molar-refractivity contribution in [2.45, 2.75) is 32.7 Å². The van der Waals surface area contributed by atoms with Gasteiger partial charge in [0.05, 0.1) is 11.9 Å². The molecule has 1 atom stereocenters. The van der Waals surface area contributed by atoms with Crippen molar-refractivity contribution in [1.82, 2.24) is 14.8 Å². The fourth-order valence-corrected chi connectivity index (χ4v) is 5.52. The van der Waals surface area contributed by atoms with E-state index >= 15 is 0 Å². The van der Waals surface area contributed by atoms with Gasteiger partial charge in [0, 0.05) is 43.0 Å². The van der Waals surface area contributed by atoms with E-state index in [1.165, 1.54) is 10.8 Å². The highest BCUT2D eigenvalue weighted by Gasteiger charge is 2.22. The lowest BCUT2D eigenvalue weighted by molar-refractivity contribution is -0.117. The van der Waals surface area contributed by atoms with Crippen LogP contribution in [-0.2, 0) is 16.1 Å². The van der Waals surface area contributed by atoms with Gasteiger partial charge in [0.15, 0.2) is 5.57 Å². The summed E-state index contributed by atoms with van der Waals surface area (Å²) in [5, 5.41) is 18.2. The summed E-state index contributed by atoms with van der Waals surface area (Å²) >= 11 is 2.93. The Morgan fingerprint density at radius 3 is 2.72 bits per heavy atom. The molecule has 0 saturated carbocycles. The van der Waals surface area contributed by atoms with Crippen LogP contribution in [0.25, 0.3) is 11.5 Å². The molecule has 0 spiro atoms. The van der Waals surface area contributed by atoms with Crippen LogP contribution in [0, 0.1) is 11.3 Å². The molecule has 9 nitrogen and oxygen atoms in total. The van der Waals surface area contributed by atoms with Gasteiger partial charge in [0.1, 0.15) is 15.3 Å². The van der Waals surface area contributed by atoms with Gasteiger partial charge in [-0.1, -0.05) is 28.9 Å². The summed E-state index contributed by atoms with van der Waals surface area (Å²) in [5.41, 5.74) is 6.60. The average molecular weight is 525 g/mol. The van der Waals surface area contributed by atoms with Crippen LogP contribution in [0.5, 0.6) is 0 Å². The number of carbonyl (C=O) groups is 2. The molecule has 3 N–H and O–H groups in total. The first-order chi connectivity index (χ1) is 17.4. The van der Waals surface area contributed by atoms with Crippen molar-refractivity contribution >= 4 is 57.8 Å². The van der Waals surface area contributed by atoms with Gasteiger partial charge in [-0.25, -0.2) is 0 Å². The Bertz CT molecular complexity index is 1420. The fourth-order valence-electron chi connectivity index (χ4n) is 3.47. The lowest BCUT2D eigenvalue weighted by atomic mass is 10.2. The maximum absolute atomic E-state index is 12.7. The van der Waals surface area contributed by atoms with Crippen molar-refractivity contribution in [3.8, 4) is 6.07 Å². The summed E-state index contributed by atoms with van der Waals surface area (Å²) < 4.78 is 2.12. The summed E-state index contributed by atoms with van der Waals surface area (Å²) in [5.74, 6) is 0.434. The smallest absolute Gasteiger partial charge is 0.277 e. The van der Waals surface area contributed by atoms with Crippen molar-refractivity contribution in [1.29, 1.82) is 5.26 Å². The summed E-state index contributed by atoms with van der Waals surface area (Å²) in [6, 6.07) is 9.09. The molecule has 1 aliphatic heterocycles. The summed E-state index contributed by atoms with van der Waals surface area (Å²) in [6.07, 6.45) is 1.51. The van der Waals surface area contributed by atoms with Crippen LogP contribution in [0.2, 0.25) is 0 Å². The van der Waals surface area contributed by atoms with Gasteiger partial charge in [0.25, 0.3) is 11.5 Å². The zero-order valence-electron chi connectivity index (χ0n) is 20.4. The molecule has 1 unspecified atom stereocenters. The number of aromatic nitrogens is 1. The molecule has 2 amide bonds. The Balaban J connectivity index is 1.81. The molecule has 1 aromatic carbocycles. The Morgan fingerprint density at radius 2 is 2.06 bits per heavy atom. The first kappa shape index (κ1) is 27.1. The van der Waals surface area contributed by atoms with E-state index in [-0.39, 0.29) is 17.0 Å². The van der Waals surface area contributed by atoms with E-state index in [9.17, 15) is 19.6 Å². The van der Waals surface area contributed by atoms with E-state index in [1.807, 2.05) is 36.0 Å². The van der Waals surface area contributed by atoms with Gasteiger partial charge in [-0.2, -0.15) is 5.26 Å². The van der Waals surface area contributed by atoms with E-state index in [0.717, 1.165) is 23.6 Å². The van der Waals surface area contributed by atoms with Crippen LogP contribution in [-0.4, -0.2) is 52.0 Å². The van der Waals surface area contributed by atoms with Gasteiger partial charge >= 0.3 is 0 Å². The molecular weight excluding hydrogens is 496 g/mol. The van der Waals surface area contributed by atoms with E-state index in [4.69, 9.17) is 0 Å². The van der Waals surface area contributed by atoms with Crippen molar-refractivity contribution in [3.05, 3.63) is 55.6 Å². The summed E-state index contributed by atoms with van der Waals surface area (Å²) in [6.45, 7) is 7.65. The van der Waals surface area contributed by atoms with Gasteiger partial charge in [0.2, 0.25) is 5.91 Å². The van der Waals surface area contributed by atoms with Crippen LogP contribution in [0.4, 0.5) is 11.4 Å².